The monoisotopic (exact) mass is 363 g/mol. The molecule has 0 aromatic rings. The fraction of sp³-hybridized carbons (Fsp3) is 1.00. The van der Waals surface area contributed by atoms with E-state index in [2.05, 4.69) is 13.8 Å². The first kappa shape index (κ1) is 23.9. The van der Waals surface area contributed by atoms with E-state index >= 15 is 0 Å². The number of rotatable bonds is 11. The van der Waals surface area contributed by atoms with E-state index in [1.165, 1.54) is 96.7 Å². The van der Waals surface area contributed by atoms with Crippen LogP contribution in [0.1, 0.15) is 90.9 Å². The first-order valence-electron chi connectivity index (χ1n) is 10.1. The van der Waals surface area contributed by atoms with Crippen molar-refractivity contribution in [3.05, 3.63) is 0 Å². The van der Waals surface area contributed by atoms with Gasteiger partial charge in [-0.3, -0.25) is 0 Å². The number of nitrogens with one attached hydrogen (secondary N) is 1. The van der Waals surface area contributed by atoms with Gasteiger partial charge in [-0.05, 0) is 31.6 Å². The van der Waals surface area contributed by atoms with Gasteiger partial charge < -0.3 is 9.45 Å². The molecule has 1 saturated heterocycles. The minimum atomic E-state index is -3.92. The van der Waals surface area contributed by atoms with E-state index in [0.29, 0.717) is 6.26 Å². The van der Waals surface area contributed by atoms with Gasteiger partial charge in [0.1, 0.15) is 0 Å². The Morgan fingerprint density at radius 1 is 0.875 bits per heavy atom. The number of quaternary nitrogens is 1. The molecule has 1 fully saturated rings. The van der Waals surface area contributed by atoms with E-state index in [-0.39, 0.29) is 0 Å². The maximum Gasteiger partial charge on any atom is 0.0916 e. The van der Waals surface area contributed by atoms with Gasteiger partial charge >= 0.3 is 0 Å². The molecule has 1 N–H and O–H groups in total. The van der Waals surface area contributed by atoms with Crippen LogP contribution in [0.15, 0.2) is 0 Å². The number of hydrogen-bond donors (Lipinski definition) is 1. The van der Waals surface area contributed by atoms with Gasteiger partial charge in [0.2, 0.25) is 0 Å². The Morgan fingerprint density at radius 3 is 1.71 bits per heavy atom. The van der Waals surface area contributed by atoms with Crippen LogP contribution >= 0.6 is 0 Å². The van der Waals surface area contributed by atoms with Gasteiger partial charge in [-0.15, -0.1) is 0 Å². The average Bonchev–Trinajstić information content (AvgIpc) is 2.52. The molecule has 4 nitrogen and oxygen atoms in total. The summed E-state index contributed by atoms with van der Waals surface area (Å²) in [5.74, 6) is 1.05. The molecular weight excluding hydrogens is 322 g/mol. The van der Waals surface area contributed by atoms with Crippen LogP contribution in [0.25, 0.3) is 0 Å². The second-order valence-corrected chi connectivity index (χ2v) is 8.79. The number of piperidine rings is 1. The lowest BCUT2D eigenvalue weighted by Crippen LogP contribution is -3.13. The van der Waals surface area contributed by atoms with Crippen molar-refractivity contribution < 1.29 is 17.9 Å². The van der Waals surface area contributed by atoms with E-state index in [1.54, 1.807) is 0 Å². The maximum absolute atomic E-state index is 9.08. The van der Waals surface area contributed by atoms with Crippen molar-refractivity contribution in [1.29, 1.82) is 0 Å². The van der Waals surface area contributed by atoms with Crippen LogP contribution in [0.2, 0.25) is 0 Å². The molecule has 0 amide bonds. The zero-order valence-electron chi connectivity index (χ0n) is 16.3. The van der Waals surface area contributed by atoms with Gasteiger partial charge in [-0.1, -0.05) is 65.2 Å². The highest BCUT2D eigenvalue weighted by Gasteiger charge is 2.19. The second-order valence-electron chi connectivity index (χ2n) is 7.38. The molecule has 0 bridgehead atoms. The Bertz CT molecular complexity index is 355. The lowest BCUT2D eigenvalue weighted by atomic mass is 9.94. The van der Waals surface area contributed by atoms with Crippen molar-refractivity contribution in [1.82, 2.24) is 0 Å². The molecule has 1 aliphatic rings. The van der Waals surface area contributed by atoms with Gasteiger partial charge in [0.25, 0.3) is 0 Å². The van der Waals surface area contributed by atoms with Crippen molar-refractivity contribution in [2.24, 2.45) is 5.92 Å². The zero-order valence-corrected chi connectivity index (χ0v) is 17.1. The summed E-state index contributed by atoms with van der Waals surface area (Å²) in [4.78, 5) is 1.90. The Morgan fingerprint density at radius 2 is 1.29 bits per heavy atom. The summed E-state index contributed by atoms with van der Waals surface area (Å²) in [7, 11) is -3.92. The first-order chi connectivity index (χ1) is 11.4. The summed E-state index contributed by atoms with van der Waals surface area (Å²) in [5, 5.41) is 0. The number of unbranched alkanes of at least 4 members (excludes halogenated alkanes) is 8. The molecule has 0 radical (unpaired) electrons. The largest absolute Gasteiger partial charge is 0.748 e. The lowest BCUT2D eigenvalue weighted by molar-refractivity contribution is -0.906. The molecule has 0 spiro atoms. The van der Waals surface area contributed by atoms with Crippen molar-refractivity contribution in [2.45, 2.75) is 90.9 Å². The van der Waals surface area contributed by atoms with E-state index in [4.69, 9.17) is 13.0 Å². The highest BCUT2D eigenvalue weighted by molar-refractivity contribution is 7.84. The van der Waals surface area contributed by atoms with Gasteiger partial charge in [0, 0.05) is 6.26 Å². The molecule has 0 saturated carbocycles. The van der Waals surface area contributed by atoms with Gasteiger partial charge in [0.15, 0.2) is 0 Å². The molecule has 1 rings (SSSR count). The second kappa shape index (κ2) is 15.2. The SMILES string of the molecule is CCCCCCCCCCC[NH+]1CCC(CC)CC1.CS(=O)(=O)[O-]. The van der Waals surface area contributed by atoms with Crippen LogP contribution in [0.3, 0.4) is 0 Å². The summed E-state index contributed by atoms with van der Waals surface area (Å²) < 4.78 is 27.2. The molecule has 0 aromatic heterocycles. The molecule has 24 heavy (non-hydrogen) atoms. The quantitative estimate of drug-likeness (QED) is 0.452. The summed E-state index contributed by atoms with van der Waals surface area (Å²) in [6.45, 7) is 9.01. The minimum Gasteiger partial charge on any atom is -0.748 e. The van der Waals surface area contributed by atoms with Crippen LogP contribution < -0.4 is 4.90 Å². The van der Waals surface area contributed by atoms with Gasteiger partial charge in [0.05, 0.1) is 29.8 Å². The normalized spacial score (nSPS) is 21.2. The molecule has 5 heteroatoms. The van der Waals surface area contributed by atoms with Crippen LogP contribution in [0.5, 0.6) is 0 Å². The van der Waals surface area contributed by atoms with Crippen LogP contribution in [0, 0.1) is 5.92 Å². The standard InChI is InChI=1S/C18H37N.CH4O3S/c1-3-5-6-7-8-9-10-11-12-15-19-16-13-18(4-2)14-17-19;1-5(2,3)4/h18H,3-17H2,1-2H3;1H3,(H,2,3,4). The molecule has 0 aliphatic carbocycles. The fourth-order valence-electron chi connectivity index (χ4n) is 3.43. The first-order valence-corrected chi connectivity index (χ1v) is 11.9. The molecule has 0 aromatic carbocycles. The van der Waals surface area contributed by atoms with Crippen molar-refractivity contribution >= 4 is 10.1 Å². The zero-order chi connectivity index (χ0) is 18.3. The number of likely N-dealkylation sites (tertiary alicyclic amines) is 1. The van der Waals surface area contributed by atoms with Crippen LogP contribution in [0.4, 0.5) is 0 Å². The summed E-state index contributed by atoms with van der Waals surface area (Å²) in [5.41, 5.74) is 0. The predicted molar refractivity (Wildman–Crippen MR) is 101 cm³/mol. The van der Waals surface area contributed by atoms with Crippen molar-refractivity contribution in [3.8, 4) is 0 Å². The van der Waals surface area contributed by atoms with Crippen LogP contribution in [-0.4, -0.2) is 38.9 Å². The van der Waals surface area contributed by atoms with E-state index in [1.807, 2.05) is 4.90 Å². The molecular formula is C19H41NO3S. The molecule has 1 aliphatic heterocycles. The summed E-state index contributed by atoms with van der Waals surface area (Å²) in [6.07, 6.45) is 18.1. The predicted octanol–water partition coefficient (Wildman–Crippen LogP) is 3.38. The average molecular weight is 364 g/mol. The third-order valence-corrected chi connectivity index (χ3v) is 5.02. The third kappa shape index (κ3) is 18.2. The molecule has 0 unspecified atom stereocenters. The van der Waals surface area contributed by atoms with E-state index < -0.39 is 10.1 Å². The molecule has 146 valence electrons. The Hall–Kier alpha value is -0.130. The van der Waals surface area contributed by atoms with Gasteiger partial charge in [-0.25, -0.2) is 8.42 Å². The highest BCUT2D eigenvalue weighted by atomic mass is 32.2. The van der Waals surface area contributed by atoms with E-state index in [0.717, 1.165) is 5.92 Å². The lowest BCUT2D eigenvalue weighted by Gasteiger charge is -2.28. The Labute approximate surface area is 151 Å². The minimum absolute atomic E-state index is 0.604. The topological polar surface area (TPSA) is 61.6 Å². The van der Waals surface area contributed by atoms with Gasteiger partial charge in [-0.2, -0.15) is 0 Å². The maximum atomic E-state index is 9.08. The van der Waals surface area contributed by atoms with Crippen LogP contribution in [-0.2, 0) is 10.1 Å². The Kier molecular flexibility index (Phi) is 15.1. The Balaban J connectivity index is 0.000000922. The summed E-state index contributed by atoms with van der Waals surface area (Å²) >= 11 is 0. The van der Waals surface area contributed by atoms with Crippen molar-refractivity contribution in [2.75, 3.05) is 25.9 Å². The van der Waals surface area contributed by atoms with E-state index in [9.17, 15) is 0 Å². The summed E-state index contributed by atoms with van der Waals surface area (Å²) in [6, 6.07) is 0. The molecule has 1 heterocycles. The molecule has 0 atom stereocenters. The van der Waals surface area contributed by atoms with Crippen molar-refractivity contribution in [3.63, 3.8) is 0 Å². The number of hydrogen-bond acceptors (Lipinski definition) is 3. The third-order valence-electron chi connectivity index (χ3n) is 5.02. The smallest absolute Gasteiger partial charge is 0.0916 e. The fourth-order valence-corrected chi connectivity index (χ4v) is 3.43. The highest BCUT2D eigenvalue weighted by Crippen LogP contribution is 2.13.